The first-order valence-electron chi connectivity index (χ1n) is 11.2. The summed E-state index contributed by atoms with van der Waals surface area (Å²) in [5.41, 5.74) is 1.42. The highest BCUT2D eigenvalue weighted by Gasteiger charge is 2.34. The van der Waals surface area contributed by atoms with Crippen LogP contribution in [0, 0.1) is 5.92 Å². The van der Waals surface area contributed by atoms with Crippen LogP contribution in [0.5, 0.6) is 5.75 Å². The van der Waals surface area contributed by atoms with Gasteiger partial charge in [-0.3, -0.25) is 9.59 Å². The summed E-state index contributed by atoms with van der Waals surface area (Å²) in [6, 6.07) is 14.3. The Balaban J connectivity index is 1.39. The Morgan fingerprint density at radius 1 is 1.15 bits per heavy atom. The van der Waals surface area contributed by atoms with Gasteiger partial charge in [-0.15, -0.1) is 0 Å². The lowest BCUT2D eigenvalue weighted by Crippen LogP contribution is -2.43. The summed E-state index contributed by atoms with van der Waals surface area (Å²) in [5, 5.41) is 2.73. The molecule has 1 atom stereocenters. The first-order valence-corrected chi connectivity index (χ1v) is 12.6. The van der Waals surface area contributed by atoms with Crippen molar-refractivity contribution in [1.82, 2.24) is 9.21 Å². The molecule has 2 heterocycles. The number of carbonyl (C=O) groups excluding carboxylic acids is 2. The molecule has 4 rings (SSSR count). The fraction of sp³-hybridized carbons (Fsp3) is 0.417. The van der Waals surface area contributed by atoms with Crippen molar-refractivity contribution >= 4 is 27.5 Å². The normalized spacial score (nSPS) is 19.3. The molecule has 2 amide bonds. The maximum absolute atomic E-state index is 13.2. The van der Waals surface area contributed by atoms with Gasteiger partial charge in [0.2, 0.25) is 15.9 Å². The van der Waals surface area contributed by atoms with E-state index in [1.54, 1.807) is 18.0 Å². The van der Waals surface area contributed by atoms with Crippen LogP contribution in [0.2, 0.25) is 0 Å². The molecule has 0 bridgehead atoms. The minimum atomic E-state index is -3.75. The number of nitrogens with one attached hydrogen (secondary N) is 1. The number of anilines is 1. The number of rotatable bonds is 6. The number of nitrogens with zero attached hydrogens (tertiary/aromatic N) is 2. The molecule has 2 aliphatic heterocycles. The van der Waals surface area contributed by atoms with E-state index in [1.807, 2.05) is 37.3 Å². The van der Waals surface area contributed by atoms with Gasteiger partial charge in [0.15, 0.2) is 6.10 Å². The number of amides is 2. The number of benzene rings is 2. The lowest BCUT2D eigenvalue weighted by atomic mass is 9.96. The number of hydrogen-bond donors (Lipinski definition) is 1. The molecular weight excluding hydrogens is 442 g/mol. The molecule has 176 valence electrons. The van der Waals surface area contributed by atoms with E-state index in [9.17, 15) is 18.0 Å². The Hall–Kier alpha value is -2.91. The third-order valence-corrected chi connectivity index (χ3v) is 8.12. The highest BCUT2D eigenvalue weighted by atomic mass is 32.2. The number of fused-ring (bicyclic) bond motifs is 1. The van der Waals surface area contributed by atoms with Crippen molar-refractivity contribution in [2.24, 2.45) is 5.92 Å². The maximum atomic E-state index is 13.2. The zero-order valence-corrected chi connectivity index (χ0v) is 19.7. The fourth-order valence-corrected chi connectivity index (χ4v) is 5.79. The summed E-state index contributed by atoms with van der Waals surface area (Å²) in [4.78, 5) is 26.8. The van der Waals surface area contributed by atoms with Crippen LogP contribution >= 0.6 is 0 Å². The van der Waals surface area contributed by atoms with Gasteiger partial charge in [0.25, 0.3) is 5.91 Å². The van der Waals surface area contributed by atoms with Gasteiger partial charge in [-0.2, -0.15) is 4.31 Å². The molecule has 33 heavy (non-hydrogen) atoms. The van der Waals surface area contributed by atoms with Gasteiger partial charge in [0, 0.05) is 32.6 Å². The van der Waals surface area contributed by atoms with Crippen molar-refractivity contribution in [3.05, 3.63) is 54.1 Å². The quantitative estimate of drug-likeness (QED) is 0.699. The van der Waals surface area contributed by atoms with E-state index >= 15 is 0 Å². The van der Waals surface area contributed by atoms with Crippen molar-refractivity contribution in [2.45, 2.75) is 43.7 Å². The number of carbonyl (C=O) groups is 2. The molecule has 0 radical (unpaired) electrons. The van der Waals surface area contributed by atoms with Gasteiger partial charge in [0.05, 0.1) is 10.6 Å². The second-order valence-electron chi connectivity index (χ2n) is 8.52. The molecule has 1 saturated heterocycles. The highest BCUT2D eigenvalue weighted by molar-refractivity contribution is 7.89. The third kappa shape index (κ3) is 4.89. The van der Waals surface area contributed by atoms with Crippen LogP contribution in [0.4, 0.5) is 5.69 Å². The average molecular weight is 472 g/mol. The average Bonchev–Trinajstić information content (AvgIpc) is 2.83. The van der Waals surface area contributed by atoms with E-state index < -0.39 is 16.1 Å². The molecule has 1 fully saturated rings. The Bertz CT molecular complexity index is 1130. The van der Waals surface area contributed by atoms with Crippen molar-refractivity contribution in [2.75, 3.05) is 25.5 Å². The first-order chi connectivity index (χ1) is 15.8. The maximum Gasteiger partial charge on any atom is 0.265 e. The van der Waals surface area contributed by atoms with E-state index in [2.05, 4.69) is 5.32 Å². The van der Waals surface area contributed by atoms with Crippen molar-refractivity contribution in [1.29, 1.82) is 0 Å². The molecule has 0 aliphatic carbocycles. The van der Waals surface area contributed by atoms with Gasteiger partial charge in [-0.25, -0.2) is 8.42 Å². The van der Waals surface area contributed by atoms with Crippen LogP contribution in [-0.4, -0.2) is 55.7 Å². The molecule has 0 unspecified atom stereocenters. The van der Waals surface area contributed by atoms with Gasteiger partial charge < -0.3 is 15.0 Å². The third-order valence-electron chi connectivity index (χ3n) is 6.22. The van der Waals surface area contributed by atoms with Crippen molar-refractivity contribution in [3.63, 3.8) is 0 Å². The van der Waals surface area contributed by atoms with E-state index in [0.717, 1.165) is 5.56 Å². The molecule has 2 aromatic carbocycles. The van der Waals surface area contributed by atoms with Crippen LogP contribution in [0.25, 0.3) is 0 Å². The monoisotopic (exact) mass is 471 g/mol. The highest BCUT2D eigenvalue weighted by Crippen LogP contribution is 2.34. The van der Waals surface area contributed by atoms with Crippen LogP contribution in [0.1, 0.15) is 31.7 Å². The fourth-order valence-electron chi connectivity index (χ4n) is 4.30. The van der Waals surface area contributed by atoms with Crippen LogP contribution in [-0.2, 0) is 26.2 Å². The minimum absolute atomic E-state index is 0.0371. The van der Waals surface area contributed by atoms with Gasteiger partial charge >= 0.3 is 0 Å². The molecule has 0 aromatic heterocycles. The van der Waals surface area contributed by atoms with E-state index in [-0.39, 0.29) is 35.7 Å². The zero-order valence-electron chi connectivity index (χ0n) is 18.9. The van der Waals surface area contributed by atoms with E-state index in [1.165, 1.54) is 16.4 Å². The molecule has 2 aromatic rings. The molecule has 9 heteroatoms. The standard InChI is InChI=1S/C24H29N3O5S/c1-3-21-23(28)25-20-15-19(9-10-22(20)32-21)33(30,31)27-13-11-18(12-14-27)24(29)26(2)16-17-7-5-4-6-8-17/h4-10,15,18,21H,3,11-14,16H2,1-2H3,(H,25,28)/t21-/m1/s1. The summed E-state index contributed by atoms with van der Waals surface area (Å²) >= 11 is 0. The smallest absolute Gasteiger partial charge is 0.265 e. The SMILES string of the molecule is CC[C@H]1Oc2ccc(S(=O)(=O)N3CCC(C(=O)N(C)Cc4ccccc4)CC3)cc2NC1=O. The number of piperidine rings is 1. The molecular formula is C24H29N3O5S. The van der Waals surface area contributed by atoms with Crippen LogP contribution < -0.4 is 10.1 Å². The molecule has 1 N–H and O–H groups in total. The van der Waals surface area contributed by atoms with Gasteiger partial charge in [-0.05, 0) is 43.0 Å². The van der Waals surface area contributed by atoms with Crippen molar-refractivity contribution < 1.29 is 22.7 Å². The molecule has 0 spiro atoms. The number of sulfonamides is 1. The molecule has 2 aliphatic rings. The topological polar surface area (TPSA) is 96.0 Å². The minimum Gasteiger partial charge on any atom is -0.478 e. The lowest BCUT2D eigenvalue weighted by molar-refractivity contribution is -0.136. The van der Waals surface area contributed by atoms with Gasteiger partial charge in [0.1, 0.15) is 5.75 Å². The molecule has 0 saturated carbocycles. The predicted octanol–water partition coefficient (Wildman–Crippen LogP) is 2.86. The van der Waals surface area contributed by atoms with E-state index in [4.69, 9.17) is 4.74 Å². The van der Waals surface area contributed by atoms with Crippen LogP contribution in [0.3, 0.4) is 0 Å². The van der Waals surface area contributed by atoms with Crippen molar-refractivity contribution in [3.8, 4) is 5.75 Å². The summed E-state index contributed by atoms with van der Waals surface area (Å²) < 4.78 is 33.5. The number of ether oxygens (including phenoxy) is 1. The largest absolute Gasteiger partial charge is 0.478 e. The lowest BCUT2D eigenvalue weighted by Gasteiger charge is -2.33. The summed E-state index contributed by atoms with van der Waals surface area (Å²) in [6.07, 6.45) is 0.899. The summed E-state index contributed by atoms with van der Waals surface area (Å²) in [7, 11) is -1.97. The molecule has 8 nitrogen and oxygen atoms in total. The Labute approximate surface area is 194 Å². The number of hydrogen-bond acceptors (Lipinski definition) is 5. The summed E-state index contributed by atoms with van der Waals surface area (Å²) in [6.45, 7) is 2.92. The second kappa shape index (κ2) is 9.52. The Morgan fingerprint density at radius 3 is 2.52 bits per heavy atom. The van der Waals surface area contributed by atoms with Crippen LogP contribution in [0.15, 0.2) is 53.4 Å². The first kappa shape index (κ1) is 23.3. The zero-order chi connectivity index (χ0) is 23.6. The Morgan fingerprint density at radius 2 is 1.85 bits per heavy atom. The summed E-state index contributed by atoms with van der Waals surface area (Å²) in [5.74, 6) is 0.0204. The predicted molar refractivity (Wildman–Crippen MR) is 124 cm³/mol. The van der Waals surface area contributed by atoms with E-state index in [0.29, 0.717) is 37.2 Å². The Kier molecular flexibility index (Phi) is 6.71. The van der Waals surface area contributed by atoms with Gasteiger partial charge in [-0.1, -0.05) is 37.3 Å². The second-order valence-corrected chi connectivity index (χ2v) is 10.5.